The number of amides is 1. The van der Waals surface area contributed by atoms with E-state index in [1.165, 1.54) is 0 Å². The SMILES string of the molecule is N#Cc1cccc(C(=O)N2CCC(OCCCN)CC2)c1. The van der Waals surface area contributed by atoms with Crippen molar-refractivity contribution >= 4 is 5.91 Å². The van der Waals surface area contributed by atoms with Crippen LogP contribution >= 0.6 is 0 Å². The van der Waals surface area contributed by atoms with E-state index in [0.717, 1.165) is 19.3 Å². The minimum Gasteiger partial charge on any atom is -0.378 e. The van der Waals surface area contributed by atoms with Crippen molar-refractivity contribution in [3.05, 3.63) is 35.4 Å². The van der Waals surface area contributed by atoms with Crippen LogP contribution in [-0.2, 0) is 4.74 Å². The normalized spacial score (nSPS) is 15.7. The third kappa shape index (κ3) is 4.28. The lowest BCUT2D eigenvalue weighted by Crippen LogP contribution is -2.41. The number of likely N-dealkylation sites (tertiary alicyclic amines) is 1. The average Bonchev–Trinajstić information content (AvgIpc) is 2.55. The summed E-state index contributed by atoms with van der Waals surface area (Å²) in [5, 5.41) is 8.89. The maximum Gasteiger partial charge on any atom is 0.253 e. The van der Waals surface area contributed by atoms with Gasteiger partial charge >= 0.3 is 0 Å². The molecule has 1 aromatic carbocycles. The van der Waals surface area contributed by atoms with Gasteiger partial charge in [0, 0.05) is 25.3 Å². The molecule has 0 saturated carbocycles. The average molecular weight is 287 g/mol. The van der Waals surface area contributed by atoms with Crippen molar-refractivity contribution in [3.63, 3.8) is 0 Å². The fourth-order valence-electron chi connectivity index (χ4n) is 2.46. The third-order valence-corrected chi connectivity index (χ3v) is 3.67. The molecule has 1 amide bonds. The zero-order valence-electron chi connectivity index (χ0n) is 12.1. The Balaban J connectivity index is 1.87. The number of hydrogen-bond acceptors (Lipinski definition) is 4. The quantitative estimate of drug-likeness (QED) is 0.833. The summed E-state index contributed by atoms with van der Waals surface area (Å²) in [6, 6.07) is 8.91. The van der Waals surface area contributed by atoms with Crippen molar-refractivity contribution in [2.24, 2.45) is 5.73 Å². The molecule has 0 bridgehead atoms. The molecule has 1 aliphatic rings. The molecule has 5 heteroatoms. The Morgan fingerprint density at radius 3 is 2.86 bits per heavy atom. The lowest BCUT2D eigenvalue weighted by atomic mass is 10.1. The van der Waals surface area contributed by atoms with E-state index in [2.05, 4.69) is 6.07 Å². The molecular formula is C16H21N3O2. The topological polar surface area (TPSA) is 79.3 Å². The molecule has 21 heavy (non-hydrogen) atoms. The monoisotopic (exact) mass is 287 g/mol. The second-order valence-corrected chi connectivity index (χ2v) is 5.20. The van der Waals surface area contributed by atoms with Crippen molar-refractivity contribution in [2.75, 3.05) is 26.2 Å². The van der Waals surface area contributed by atoms with Crippen LogP contribution in [0.3, 0.4) is 0 Å². The van der Waals surface area contributed by atoms with Gasteiger partial charge in [0.05, 0.1) is 17.7 Å². The van der Waals surface area contributed by atoms with Gasteiger partial charge in [-0.05, 0) is 44.0 Å². The maximum absolute atomic E-state index is 12.4. The van der Waals surface area contributed by atoms with E-state index in [4.69, 9.17) is 15.7 Å². The molecule has 1 aliphatic heterocycles. The number of nitrogens with two attached hydrogens (primary N) is 1. The Bertz CT molecular complexity index is 516. The zero-order chi connectivity index (χ0) is 15.1. The van der Waals surface area contributed by atoms with Crippen LogP contribution in [0.1, 0.15) is 35.2 Å². The van der Waals surface area contributed by atoms with E-state index in [0.29, 0.717) is 37.4 Å². The van der Waals surface area contributed by atoms with Crippen LogP contribution in [0, 0.1) is 11.3 Å². The lowest BCUT2D eigenvalue weighted by Gasteiger charge is -2.32. The summed E-state index contributed by atoms with van der Waals surface area (Å²) in [6.45, 7) is 2.73. The molecule has 1 aromatic rings. The number of ether oxygens (including phenoxy) is 1. The second-order valence-electron chi connectivity index (χ2n) is 5.20. The van der Waals surface area contributed by atoms with Gasteiger partial charge in [0.2, 0.25) is 0 Å². The minimum absolute atomic E-state index is 0.00694. The number of hydrogen-bond donors (Lipinski definition) is 1. The van der Waals surface area contributed by atoms with E-state index in [9.17, 15) is 4.79 Å². The number of benzene rings is 1. The fraction of sp³-hybridized carbons (Fsp3) is 0.500. The van der Waals surface area contributed by atoms with Crippen molar-refractivity contribution in [3.8, 4) is 6.07 Å². The maximum atomic E-state index is 12.4. The lowest BCUT2D eigenvalue weighted by molar-refractivity contribution is 0.00844. The third-order valence-electron chi connectivity index (χ3n) is 3.67. The Labute approximate surface area is 125 Å². The zero-order valence-corrected chi connectivity index (χ0v) is 12.1. The van der Waals surface area contributed by atoms with E-state index >= 15 is 0 Å². The summed E-state index contributed by atoms with van der Waals surface area (Å²) in [5.74, 6) is -0.00694. The highest BCUT2D eigenvalue weighted by Crippen LogP contribution is 2.17. The Hall–Kier alpha value is -1.90. The molecule has 2 N–H and O–H groups in total. The molecule has 0 atom stereocenters. The molecule has 1 heterocycles. The van der Waals surface area contributed by atoms with Gasteiger partial charge in [-0.15, -0.1) is 0 Å². The number of nitrogens with zero attached hydrogens (tertiary/aromatic N) is 2. The Kier molecular flexibility index (Phi) is 5.73. The molecule has 1 fully saturated rings. The molecule has 2 rings (SSSR count). The number of carbonyl (C=O) groups is 1. The van der Waals surface area contributed by atoms with Crippen molar-refractivity contribution < 1.29 is 9.53 Å². The summed E-state index contributed by atoms with van der Waals surface area (Å²) >= 11 is 0. The van der Waals surface area contributed by atoms with E-state index in [-0.39, 0.29) is 12.0 Å². The first-order chi connectivity index (χ1) is 10.2. The molecule has 0 aromatic heterocycles. The van der Waals surface area contributed by atoms with Gasteiger partial charge in [-0.25, -0.2) is 0 Å². The summed E-state index contributed by atoms with van der Waals surface area (Å²) in [7, 11) is 0. The smallest absolute Gasteiger partial charge is 0.253 e. The van der Waals surface area contributed by atoms with Gasteiger partial charge in [0.25, 0.3) is 5.91 Å². The van der Waals surface area contributed by atoms with Gasteiger partial charge in [0.1, 0.15) is 0 Å². The number of carbonyl (C=O) groups excluding carboxylic acids is 1. The Morgan fingerprint density at radius 2 is 2.19 bits per heavy atom. The molecule has 0 aliphatic carbocycles. The highest BCUT2D eigenvalue weighted by Gasteiger charge is 2.24. The molecule has 0 spiro atoms. The molecule has 0 unspecified atom stereocenters. The molecular weight excluding hydrogens is 266 g/mol. The van der Waals surface area contributed by atoms with Crippen LogP contribution in [0.5, 0.6) is 0 Å². The summed E-state index contributed by atoms with van der Waals surface area (Å²) in [4.78, 5) is 14.2. The van der Waals surface area contributed by atoms with Crippen LogP contribution in [-0.4, -0.2) is 43.2 Å². The second kappa shape index (κ2) is 7.77. The van der Waals surface area contributed by atoms with Gasteiger partial charge in [-0.1, -0.05) is 6.07 Å². The molecule has 1 saturated heterocycles. The van der Waals surface area contributed by atoms with Gasteiger partial charge in [-0.2, -0.15) is 5.26 Å². The van der Waals surface area contributed by atoms with Crippen LogP contribution in [0.15, 0.2) is 24.3 Å². The van der Waals surface area contributed by atoms with E-state index < -0.39 is 0 Å². The molecule has 5 nitrogen and oxygen atoms in total. The van der Waals surface area contributed by atoms with Crippen LogP contribution in [0.25, 0.3) is 0 Å². The van der Waals surface area contributed by atoms with Crippen LogP contribution in [0.2, 0.25) is 0 Å². The highest BCUT2D eigenvalue weighted by molar-refractivity contribution is 5.94. The molecule has 112 valence electrons. The first kappa shape index (κ1) is 15.5. The first-order valence-corrected chi connectivity index (χ1v) is 7.35. The highest BCUT2D eigenvalue weighted by atomic mass is 16.5. The largest absolute Gasteiger partial charge is 0.378 e. The first-order valence-electron chi connectivity index (χ1n) is 7.35. The van der Waals surface area contributed by atoms with E-state index in [1.807, 2.05) is 4.90 Å². The van der Waals surface area contributed by atoms with Crippen molar-refractivity contribution in [1.82, 2.24) is 4.90 Å². The van der Waals surface area contributed by atoms with E-state index in [1.54, 1.807) is 24.3 Å². The standard InChI is InChI=1S/C16H21N3O2/c17-7-2-10-21-15-5-8-19(9-6-15)16(20)14-4-1-3-13(11-14)12-18/h1,3-4,11,15H,2,5-10,17H2. The predicted molar refractivity (Wildman–Crippen MR) is 79.7 cm³/mol. The van der Waals surface area contributed by atoms with Crippen LogP contribution in [0.4, 0.5) is 0 Å². The Morgan fingerprint density at radius 1 is 1.43 bits per heavy atom. The summed E-state index contributed by atoms with van der Waals surface area (Å²) in [5.41, 5.74) is 6.53. The predicted octanol–water partition coefficient (Wildman–Crippen LogP) is 1.53. The van der Waals surface area contributed by atoms with Crippen molar-refractivity contribution in [2.45, 2.75) is 25.4 Å². The fourth-order valence-corrected chi connectivity index (χ4v) is 2.46. The number of nitriles is 1. The molecule has 0 radical (unpaired) electrons. The number of piperidine rings is 1. The summed E-state index contributed by atoms with van der Waals surface area (Å²) in [6.07, 6.45) is 2.81. The van der Waals surface area contributed by atoms with Gasteiger partial charge in [-0.3, -0.25) is 4.79 Å². The van der Waals surface area contributed by atoms with Gasteiger partial charge < -0.3 is 15.4 Å². The number of rotatable bonds is 5. The van der Waals surface area contributed by atoms with Gasteiger partial charge in [0.15, 0.2) is 0 Å². The minimum atomic E-state index is -0.00694. The summed E-state index contributed by atoms with van der Waals surface area (Å²) < 4.78 is 5.73. The van der Waals surface area contributed by atoms with Crippen molar-refractivity contribution in [1.29, 1.82) is 5.26 Å². The van der Waals surface area contributed by atoms with Crippen LogP contribution < -0.4 is 5.73 Å².